The number of hydrogen-bond acceptors (Lipinski definition) is 3. The summed E-state index contributed by atoms with van der Waals surface area (Å²) in [6, 6.07) is 0. The van der Waals surface area contributed by atoms with Crippen molar-refractivity contribution >= 4 is 0 Å². The van der Waals surface area contributed by atoms with Crippen LogP contribution in [-0.4, -0.2) is 46.7 Å². The molecule has 0 aromatic heterocycles. The van der Waals surface area contributed by atoms with Gasteiger partial charge in [0.15, 0.2) is 6.29 Å². The van der Waals surface area contributed by atoms with Crippen molar-refractivity contribution in [1.29, 1.82) is 0 Å². The van der Waals surface area contributed by atoms with Gasteiger partial charge in [0.2, 0.25) is 0 Å². The van der Waals surface area contributed by atoms with E-state index in [1.165, 1.54) is 6.92 Å². The molecule has 2 aliphatic rings. The molecule has 2 aliphatic carbocycles. The van der Waals surface area contributed by atoms with Gasteiger partial charge in [0, 0.05) is 5.92 Å². The highest BCUT2D eigenvalue weighted by atomic mass is 19.4. The van der Waals surface area contributed by atoms with E-state index in [1.807, 2.05) is 0 Å². The van der Waals surface area contributed by atoms with Crippen LogP contribution in [0.25, 0.3) is 0 Å². The number of rotatable bonds is 8. The molecule has 2 saturated carbocycles. The van der Waals surface area contributed by atoms with Gasteiger partial charge in [-0.25, -0.2) is 4.39 Å². The third-order valence-corrected chi connectivity index (χ3v) is 6.28. The van der Waals surface area contributed by atoms with E-state index in [0.29, 0.717) is 19.3 Å². The highest BCUT2D eigenvalue weighted by Gasteiger charge is 2.71. The summed E-state index contributed by atoms with van der Waals surface area (Å²) in [7, 11) is 0. The van der Waals surface area contributed by atoms with Gasteiger partial charge in [-0.05, 0) is 49.9 Å². The summed E-state index contributed by atoms with van der Waals surface area (Å²) in [5.74, 6) is -2.69. The van der Waals surface area contributed by atoms with Gasteiger partial charge in [-0.3, -0.25) is 0 Å². The summed E-state index contributed by atoms with van der Waals surface area (Å²) in [6.45, 7) is 3.22. The normalized spacial score (nSPS) is 31.8. The van der Waals surface area contributed by atoms with Crippen LogP contribution in [0.1, 0.15) is 52.4 Å². The van der Waals surface area contributed by atoms with Crippen LogP contribution >= 0.6 is 0 Å². The molecule has 166 valence electrons. The van der Waals surface area contributed by atoms with Crippen molar-refractivity contribution in [3.05, 3.63) is 0 Å². The van der Waals surface area contributed by atoms with Crippen molar-refractivity contribution in [2.45, 2.75) is 88.9 Å². The van der Waals surface area contributed by atoms with Gasteiger partial charge in [-0.2, -0.15) is 26.3 Å². The van der Waals surface area contributed by atoms with E-state index < -0.39 is 60.7 Å². The molecule has 0 radical (unpaired) electrons. The van der Waals surface area contributed by atoms with Crippen molar-refractivity contribution < 1.29 is 45.7 Å². The second kappa shape index (κ2) is 8.26. The average Bonchev–Trinajstić information content (AvgIpc) is 3.11. The fraction of sp³-hybridized carbons (Fsp3) is 1.00. The zero-order valence-electron chi connectivity index (χ0n) is 15.7. The van der Waals surface area contributed by atoms with Crippen LogP contribution in [0.4, 0.5) is 30.7 Å². The number of hydrogen-bond donors (Lipinski definition) is 2. The topological polar surface area (TPSA) is 49.7 Å². The van der Waals surface area contributed by atoms with Crippen LogP contribution in [0.5, 0.6) is 0 Å². The highest BCUT2D eigenvalue weighted by molar-refractivity contribution is 5.03. The lowest BCUT2D eigenvalue weighted by Crippen LogP contribution is -2.58. The van der Waals surface area contributed by atoms with Crippen LogP contribution in [0.3, 0.4) is 0 Å². The molecule has 2 bridgehead atoms. The first-order valence-electron chi connectivity index (χ1n) is 9.54. The van der Waals surface area contributed by atoms with Gasteiger partial charge in [0.05, 0.1) is 6.10 Å². The fourth-order valence-corrected chi connectivity index (χ4v) is 4.61. The maximum absolute atomic E-state index is 13.9. The first-order chi connectivity index (χ1) is 12.7. The van der Waals surface area contributed by atoms with Crippen molar-refractivity contribution in [2.75, 3.05) is 0 Å². The average molecular weight is 424 g/mol. The second-order valence-electron chi connectivity index (χ2n) is 8.29. The summed E-state index contributed by atoms with van der Waals surface area (Å²) in [5, 5.41) is 19.6. The monoisotopic (exact) mass is 424 g/mol. The Morgan fingerprint density at radius 1 is 1.04 bits per heavy atom. The van der Waals surface area contributed by atoms with Gasteiger partial charge >= 0.3 is 12.4 Å². The van der Waals surface area contributed by atoms with E-state index in [1.54, 1.807) is 6.92 Å². The molecular weight excluding hydrogens is 397 g/mol. The molecule has 10 heteroatoms. The molecule has 6 unspecified atom stereocenters. The van der Waals surface area contributed by atoms with Crippen molar-refractivity contribution in [2.24, 2.45) is 23.7 Å². The Bertz CT molecular complexity index is 508. The van der Waals surface area contributed by atoms with Gasteiger partial charge in [0.25, 0.3) is 5.60 Å². The van der Waals surface area contributed by atoms with Gasteiger partial charge in [0.1, 0.15) is 6.17 Å². The molecular formula is C18H27F7O3. The minimum Gasteiger partial charge on any atom is -0.374 e. The fourth-order valence-electron chi connectivity index (χ4n) is 4.61. The Morgan fingerprint density at radius 3 is 2.07 bits per heavy atom. The zero-order chi connectivity index (χ0) is 21.5. The standard InChI is InChI=1S/C18H27F7O3/c1-3-4-13(19)9(2)15(26)28-14-7-10-5-11(12(14)6-10)8-16(27,17(20,21)22)18(23,24)25/h9-15,26-27H,3-8H2,1-2H3/t9?,10?,11?,12?,13-,14?,15?/m0/s1. The maximum atomic E-state index is 13.9. The van der Waals surface area contributed by atoms with Crippen molar-refractivity contribution in [3.63, 3.8) is 0 Å². The predicted octanol–water partition coefficient (Wildman–Crippen LogP) is 4.76. The van der Waals surface area contributed by atoms with E-state index in [0.717, 1.165) is 0 Å². The minimum absolute atomic E-state index is 0.131. The molecule has 0 heterocycles. The Hall–Kier alpha value is -0.610. The molecule has 3 nitrogen and oxygen atoms in total. The Morgan fingerprint density at radius 2 is 1.61 bits per heavy atom. The molecule has 2 N–H and O–H groups in total. The molecule has 2 fully saturated rings. The van der Waals surface area contributed by atoms with Crippen molar-refractivity contribution in [1.82, 2.24) is 0 Å². The highest BCUT2D eigenvalue weighted by Crippen LogP contribution is 2.56. The number of fused-ring (bicyclic) bond motifs is 2. The van der Waals surface area contributed by atoms with Crippen LogP contribution in [0.15, 0.2) is 0 Å². The molecule has 7 atom stereocenters. The van der Waals surface area contributed by atoms with Crippen LogP contribution in [0, 0.1) is 23.7 Å². The molecule has 0 spiro atoms. The summed E-state index contributed by atoms with van der Waals surface area (Å²) in [4.78, 5) is 0. The number of halogens is 7. The SMILES string of the molecule is CCC[C@H](F)C(C)C(O)OC1CC2CC(CC(O)(C(F)(F)F)C(F)(F)F)C1C2. The maximum Gasteiger partial charge on any atom is 0.426 e. The van der Waals surface area contributed by atoms with Gasteiger partial charge in [-0.1, -0.05) is 20.3 Å². The Balaban J connectivity index is 2.07. The van der Waals surface area contributed by atoms with E-state index in [4.69, 9.17) is 4.74 Å². The molecule has 0 saturated heterocycles. The lowest BCUT2D eigenvalue weighted by Gasteiger charge is -2.38. The van der Waals surface area contributed by atoms with Crippen molar-refractivity contribution in [3.8, 4) is 0 Å². The number of aliphatic hydroxyl groups is 2. The number of aliphatic hydroxyl groups excluding tert-OH is 1. The summed E-state index contributed by atoms with van der Waals surface area (Å²) in [6.07, 6.45) is -15.1. The minimum atomic E-state index is -5.85. The Labute approximate surface area is 159 Å². The van der Waals surface area contributed by atoms with E-state index in [2.05, 4.69) is 0 Å². The number of alkyl halides is 7. The second-order valence-corrected chi connectivity index (χ2v) is 8.29. The molecule has 0 aromatic rings. The zero-order valence-corrected chi connectivity index (χ0v) is 15.7. The van der Waals surface area contributed by atoms with E-state index >= 15 is 0 Å². The molecule has 0 aromatic carbocycles. The summed E-state index contributed by atoms with van der Waals surface area (Å²) >= 11 is 0. The largest absolute Gasteiger partial charge is 0.426 e. The third kappa shape index (κ3) is 4.59. The first kappa shape index (κ1) is 23.7. The lowest BCUT2D eigenvalue weighted by molar-refractivity contribution is -0.374. The van der Waals surface area contributed by atoms with Crippen LogP contribution < -0.4 is 0 Å². The van der Waals surface area contributed by atoms with E-state index in [9.17, 15) is 40.9 Å². The molecule has 28 heavy (non-hydrogen) atoms. The van der Waals surface area contributed by atoms with Gasteiger partial charge in [-0.15, -0.1) is 0 Å². The van der Waals surface area contributed by atoms with Gasteiger partial charge < -0.3 is 14.9 Å². The first-order valence-corrected chi connectivity index (χ1v) is 9.54. The van der Waals surface area contributed by atoms with E-state index in [-0.39, 0.29) is 18.8 Å². The number of ether oxygens (including phenoxy) is 1. The smallest absolute Gasteiger partial charge is 0.374 e. The lowest BCUT2D eigenvalue weighted by atomic mass is 9.78. The quantitative estimate of drug-likeness (QED) is 0.437. The molecule has 2 rings (SSSR count). The van der Waals surface area contributed by atoms with Crippen LogP contribution in [0.2, 0.25) is 0 Å². The molecule has 0 aliphatic heterocycles. The summed E-state index contributed by atoms with van der Waals surface area (Å²) < 4.78 is 97.3. The summed E-state index contributed by atoms with van der Waals surface area (Å²) in [5.41, 5.74) is -4.78. The third-order valence-electron chi connectivity index (χ3n) is 6.28. The predicted molar refractivity (Wildman–Crippen MR) is 85.8 cm³/mol. The molecule has 0 amide bonds. The van der Waals surface area contributed by atoms with Crippen LogP contribution in [-0.2, 0) is 4.74 Å². The Kier molecular flexibility index (Phi) is 6.98.